The summed E-state index contributed by atoms with van der Waals surface area (Å²) in [5, 5.41) is 10.4. The Balaban J connectivity index is 2.23. The third-order valence-electron chi connectivity index (χ3n) is 3.55. The molecule has 2 aromatic rings. The lowest BCUT2D eigenvalue weighted by Gasteiger charge is -2.19. The van der Waals surface area contributed by atoms with Crippen molar-refractivity contribution < 1.29 is 23.3 Å². The fourth-order valence-electron chi connectivity index (χ4n) is 2.15. The first-order valence-electron chi connectivity index (χ1n) is 7.46. The van der Waals surface area contributed by atoms with E-state index in [1.165, 1.54) is 0 Å². The number of halogens is 1. The number of amides is 1. The smallest absolute Gasteiger partial charge is 0.337 e. The zero-order valence-corrected chi connectivity index (χ0v) is 14.8. The maximum Gasteiger partial charge on any atom is 0.337 e. The number of aromatic carboxylic acids is 1. The molecule has 0 bridgehead atoms. The van der Waals surface area contributed by atoms with Crippen LogP contribution in [-0.4, -0.2) is 20.5 Å². The van der Waals surface area contributed by atoms with Gasteiger partial charge in [-0.3, -0.25) is 4.79 Å². The van der Waals surface area contributed by atoms with Gasteiger partial charge in [0.05, 0.1) is 11.3 Å². The quantitative estimate of drug-likeness (QED) is 0.858. The van der Waals surface area contributed by atoms with Crippen molar-refractivity contribution in [1.82, 2.24) is 0 Å². The third-order valence-corrected chi connectivity index (χ3v) is 4.69. The standard InChI is InChI=1S/C18H18FNO4S/c1-18(2,3)11-4-7-13(8-5-11)25(24)17(23)20-15-10-12(19)6-9-14(15)16(21)22/h4-10H,1-3H3,(H,20,23)(H,21,22). The Morgan fingerprint density at radius 2 is 1.68 bits per heavy atom. The molecule has 0 aromatic heterocycles. The van der Waals surface area contributed by atoms with E-state index in [0.29, 0.717) is 0 Å². The van der Waals surface area contributed by atoms with Crippen LogP contribution in [0.2, 0.25) is 0 Å². The molecule has 0 aliphatic carbocycles. The summed E-state index contributed by atoms with van der Waals surface area (Å²) in [6.45, 7) is 6.09. The highest BCUT2D eigenvalue weighted by atomic mass is 32.2. The van der Waals surface area contributed by atoms with Crippen molar-refractivity contribution >= 4 is 27.7 Å². The van der Waals surface area contributed by atoms with Gasteiger partial charge in [-0.2, -0.15) is 0 Å². The number of hydrogen-bond acceptors (Lipinski definition) is 3. The first-order valence-corrected chi connectivity index (χ1v) is 8.60. The number of anilines is 1. The molecule has 7 heteroatoms. The van der Waals surface area contributed by atoms with E-state index in [1.807, 2.05) is 20.8 Å². The van der Waals surface area contributed by atoms with Crippen LogP contribution < -0.4 is 5.32 Å². The van der Waals surface area contributed by atoms with Gasteiger partial charge in [0.25, 0.3) is 0 Å². The number of hydrogen-bond donors (Lipinski definition) is 2. The number of carbonyl (C=O) groups is 2. The minimum absolute atomic E-state index is 0.0831. The van der Waals surface area contributed by atoms with Gasteiger partial charge in [-0.25, -0.2) is 13.4 Å². The number of benzene rings is 2. The molecule has 2 N–H and O–H groups in total. The van der Waals surface area contributed by atoms with Gasteiger partial charge in [-0.05, 0) is 41.3 Å². The summed E-state index contributed by atoms with van der Waals surface area (Å²) in [6.07, 6.45) is 0. The average Bonchev–Trinajstić information content (AvgIpc) is 2.53. The minimum atomic E-state index is -2.06. The van der Waals surface area contributed by atoms with Gasteiger partial charge in [-0.15, -0.1) is 0 Å². The summed E-state index contributed by atoms with van der Waals surface area (Å²) in [5.74, 6) is -2.03. The monoisotopic (exact) mass is 363 g/mol. The summed E-state index contributed by atoms with van der Waals surface area (Å²) in [5.41, 5.74) is 0.416. The number of nitrogens with one attached hydrogen (secondary N) is 1. The second-order valence-electron chi connectivity index (χ2n) is 6.45. The van der Waals surface area contributed by atoms with Crippen LogP contribution in [0.15, 0.2) is 47.4 Å². The van der Waals surface area contributed by atoms with Crippen molar-refractivity contribution in [1.29, 1.82) is 0 Å². The molecule has 25 heavy (non-hydrogen) atoms. The lowest BCUT2D eigenvalue weighted by molar-refractivity contribution is 0.0698. The Morgan fingerprint density at radius 1 is 1.08 bits per heavy atom. The first-order chi connectivity index (χ1) is 11.6. The second-order valence-corrected chi connectivity index (χ2v) is 7.83. The van der Waals surface area contributed by atoms with Gasteiger partial charge in [0.2, 0.25) is 0 Å². The zero-order valence-electron chi connectivity index (χ0n) is 14.0. The number of carboxylic acids is 1. The molecule has 0 radical (unpaired) electrons. The molecular weight excluding hydrogens is 345 g/mol. The van der Waals surface area contributed by atoms with E-state index in [-0.39, 0.29) is 21.6 Å². The molecule has 2 rings (SSSR count). The molecule has 1 unspecified atom stereocenters. The van der Waals surface area contributed by atoms with Gasteiger partial charge < -0.3 is 10.4 Å². The predicted octanol–water partition coefficient (Wildman–Crippen LogP) is 4.16. The van der Waals surface area contributed by atoms with Crippen LogP contribution in [0.25, 0.3) is 0 Å². The van der Waals surface area contributed by atoms with E-state index in [9.17, 15) is 18.2 Å². The van der Waals surface area contributed by atoms with Crippen LogP contribution in [0, 0.1) is 5.82 Å². The Morgan fingerprint density at radius 3 is 2.20 bits per heavy atom. The number of carbonyl (C=O) groups excluding carboxylic acids is 1. The molecule has 0 saturated heterocycles. The molecule has 2 aromatic carbocycles. The molecular formula is C18H18FNO4S. The minimum Gasteiger partial charge on any atom is -0.478 e. The van der Waals surface area contributed by atoms with E-state index >= 15 is 0 Å². The van der Waals surface area contributed by atoms with E-state index in [2.05, 4.69) is 5.32 Å². The van der Waals surface area contributed by atoms with Crippen molar-refractivity contribution in [2.24, 2.45) is 0 Å². The van der Waals surface area contributed by atoms with Crippen LogP contribution in [0.5, 0.6) is 0 Å². The van der Waals surface area contributed by atoms with Gasteiger partial charge in [0.15, 0.2) is 0 Å². The molecule has 1 amide bonds. The average molecular weight is 363 g/mol. The van der Waals surface area contributed by atoms with Gasteiger partial charge in [0, 0.05) is 4.90 Å². The van der Waals surface area contributed by atoms with Crippen LogP contribution in [0.4, 0.5) is 14.9 Å². The molecule has 0 saturated carbocycles. The van der Waals surface area contributed by atoms with Crippen LogP contribution in [0.3, 0.4) is 0 Å². The molecule has 0 heterocycles. The topological polar surface area (TPSA) is 83.5 Å². The van der Waals surface area contributed by atoms with Gasteiger partial charge >= 0.3 is 11.2 Å². The Hall–Kier alpha value is -2.54. The number of carboxylic acid groups (broad SMARTS) is 1. The van der Waals surface area contributed by atoms with Crippen LogP contribution in [0.1, 0.15) is 36.7 Å². The van der Waals surface area contributed by atoms with E-state index in [0.717, 1.165) is 23.8 Å². The van der Waals surface area contributed by atoms with Crippen molar-refractivity contribution in [2.75, 3.05) is 5.32 Å². The molecule has 0 fully saturated rings. The van der Waals surface area contributed by atoms with E-state index in [1.54, 1.807) is 24.3 Å². The van der Waals surface area contributed by atoms with Gasteiger partial charge in [-0.1, -0.05) is 32.9 Å². The summed E-state index contributed by atoms with van der Waals surface area (Å²) < 4.78 is 25.7. The van der Waals surface area contributed by atoms with Gasteiger partial charge in [0.1, 0.15) is 16.6 Å². The maximum atomic E-state index is 13.3. The first kappa shape index (κ1) is 18.8. The Labute approximate surface area is 147 Å². The van der Waals surface area contributed by atoms with E-state index < -0.39 is 27.8 Å². The number of rotatable bonds is 3. The molecule has 1 atom stereocenters. The molecule has 0 aliphatic rings. The highest BCUT2D eigenvalue weighted by molar-refractivity contribution is 8.00. The summed E-state index contributed by atoms with van der Waals surface area (Å²) in [7, 11) is -2.06. The lowest BCUT2D eigenvalue weighted by atomic mass is 9.87. The molecule has 0 aliphatic heterocycles. The highest BCUT2D eigenvalue weighted by Gasteiger charge is 2.20. The van der Waals surface area contributed by atoms with Crippen molar-refractivity contribution in [3.63, 3.8) is 0 Å². The maximum absolute atomic E-state index is 13.3. The molecule has 0 spiro atoms. The van der Waals surface area contributed by atoms with E-state index in [4.69, 9.17) is 5.11 Å². The normalized spacial score (nSPS) is 12.5. The Kier molecular flexibility index (Phi) is 5.37. The predicted molar refractivity (Wildman–Crippen MR) is 93.9 cm³/mol. The Bertz CT molecular complexity index is 841. The second kappa shape index (κ2) is 7.14. The zero-order chi connectivity index (χ0) is 18.8. The van der Waals surface area contributed by atoms with Crippen molar-refractivity contribution in [3.05, 3.63) is 59.4 Å². The highest BCUT2D eigenvalue weighted by Crippen LogP contribution is 2.24. The van der Waals surface area contributed by atoms with Crippen LogP contribution >= 0.6 is 0 Å². The fourth-order valence-corrected chi connectivity index (χ4v) is 2.95. The molecule has 132 valence electrons. The third kappa shape index (κ3) is 4.51. The largest absolute Gasteiger partial charge is 0.478 e. The summed E-state index contributed by atoms with van der Waals surface area (Å²) in [6, 6.07) is 9.62. The summed E-state index contributed by atoms with van der Waals surface area (Å²) in [4.78, 5) is 23.6. The SMILES string of the molecule is CC(C)(C)c1ccc(S(=O)C(=O)Nc2cc(F)ccc2C(=O)O)cc1. The summed E-state index contributed by atoms with van der Waals surface area (Å²) >= 11 is 0. The molecule has 5 nitrogen and oxygen atoms in total. The lowest BCUT2D eigenvalue weighted by Crippen LogP contribution is -2.18. The van der Waals surface area contributed by atoms with Crippen LogP contribution in [-0.2, 0) is 16.2 Å². The fraction of sp³-hybridized carbons (Fsp3) is 0.222. The van der Waals surface area contributed by atoms with Crippen molar-refractivity contribution in [3.8, 4) is 0 Å². The van der Waals surface area contributed by atoms with Crippen molar-refractivity contribution in [2.45, 2.75) is 31.1 Å².